The molecule has 2 aliphatic rings. The Hall–Kier alpha value is -0.610. The molecule has 1 atom stereocenters. The van der Waals surface area contributed by atoms with Crippen LogP contribution in [0.15, 0.2) is 0 Å². The number of carboxylic acid groups (broad SMARTS) is 1. The molecular formula is C15H27NO3. The lowest BCUT2D eigenvalue weighted by atomic mass is 9.79. The maximum absolute atomic E-state index is 11.8. The number of hydrogen-bond donors (Lipinski definition) is 1. The maximum Gasteiger partial charge on any atom is 0.310 e. The van der Waals surface area contributed by atoms with Crippen molar-refractivity contribution in [2.75, 3.05) is 26.2 Å². The van der Waals surface area contributed by atoms with E-state index >= 15 is 0 Å². The highest BCUT2D eigenvalue weighted by atomic mass is 16.5. The van der Waals surface area contributed by atoms with Gasteiger partial charge < -0.3 is 9.84 Å². The first-order chi connectivity index (χ1) is 9.16. The van der Waals surface area contributed by atoms with Crippen LogP contribution in [0.3, 0.4) is 0 Å². The van der Waals surface area contributed by atoms with Gasteiger partial charge in [0.2, 0.25) is 0 Å². The van der Waals surface area contributed by atoms with Crippen LogP contribution in [0.25, 0.3) is 0 Å². The minimum atomic E-state index is -0.589. The Morgan fingerprint density at radius 1 is 1.32 bits per heavy atom. The van der Waals surface area contributed by atoms with Gasteiger partial charge in [-0.2, -0.15) is 0 Å². The molecule has 1 unspecified atom stereocenters. The summed E-state index contributed by atoms with van der Waals surface area (Å²) >= 11 is 0. The van der Waals surface area contributed by atoms with E-state index in [0.717, 1.165) is 51.8 Å². The van der Waals surface area contributed by atoms with Crippen LogP contribution in [0.5, 0.6) is 0 Å². The topological polar surface area (TPSA) is 49.8 Å². The van der Waals surface area contributed by atoms with E-state index in [-0.39, 0.29) is 6.10 Å². The van der Waals surface area contributed by atoms with Crippen LogP contribution >= 0.6 is 0 Å². The lowest BCUT2D eigenvalue weighted by Gasteiger charge is -2.38. The summed E-state index contributed by atoms with van der Waals surface area (Å²) in [6, 6.07) is 0. The lowest BCUT2D eigenvalue weighted by molar-refractivity contribution is -0.152. The molecule has 1 saturated heterocycles. The number of nitrogens with zero attached hydrogens (tertiary/aromatic N) is 1. The molecule has 1 N–H and O–H groups in total. The van der Waals surface area contributed by atoms with Crippen molar-refractivity contribution in [1.29, 1.82) is 0 Å². The molecule has 110 valence electrons. The third kappa shape index (κ3) is 3.69. The molecule has 0 aromatic heterocycles. The van der Waals surface area contributed by atoms with Crippen LogP contribution in [0.1, 0.15) is 51.9 Å². The third-order valence-corrected chi connectivity index (χ3v) is 4.72. The molecule has 1 heterocycles. The fraction of sp³-hybridized carbons (Fsp3) is 0.933. The highest BCUT2D eigenvalue weighted by molar-refractivity contribution is 5.75. The summed E-state index contributed by atoms with van der Waals surface area (Å²) in [6.07, 6.45) is 7.49. The molecule has 19 heavy (non-hydrogen) atoms. The fourth-order valence-electron chi connectivity index (χ4n) is 3.44. The van der Waals surface area contributed by atoms with Crippen molar-refractivity contribution in [3.8, 4) is 0 Å². The van der Waals surface area contributed by atoms with Crippen LogP contribution in [-0.2, 0) is 9.53 Å². The van der Waals surface area contributed by atoms with Crippen LogP contribution in [0.2, 0.25) is 0 Å². The maximum atomic E-state index is 11.8. The predicted molar refractivity (Wildman–Crippen MR) is 74.2 cm³/mol. The van der Waals surface area contributed by atoms with Gasteiger partial charge in [0.25, 0.3) is 0 Å². The molecule has 0 aromatic rings. The summed E-state index contributed by atoms with van der Waals surface area (Å²) in [4.78, 5) is 14.1. The molecule has 0 spiro atoms. The van der Waals surface area contributed by atoms with E-state index in [1.54, 1.807) is 0 Å². The quantitative estimate of drug-likeness (QED) is 0.797. The molecule has 2 fully saturated rings. The predicted octanol–water partition coefficient (Wildman–Crippen LogP) is 2.52. The van der Waals surface area contributed by atoms with Crippen molar-refractivity contribution in [1.82, 2.24) is 4.90 Å². The monoisotopic (exact) mass is 269 g/mol. The van der Waals surface area contributed by atoms with Gasteiger partial charge in [0, 0.05) is 19.6 Å². The first-order valence-electron chi connectivity index (χ1n) is 7.74. The number of ether oxygens (including phenoxy) is 1. The molecule has 2 rings (SSSR count). The Bertz CT molecular complexity index is 298. The molecule has 1 saturated carbocycles. The summed E-state index contributed by atoms with van der Waals surface area (Å²) in [5.41, 5.74) is -0.508. The van der Waals surface area contributed by atoms with Gasteiger partial charge in [-0.1, -0.05) is 32.6 Å². The minimum absolute atomic E-state index is 0.283. The second-order valence-electron chi connectivity index (χ2n) is 6.14. The number of rotatable bonds is 4. The highest BCUT2D eigenvalue weighted by Gasteiger charge is 2.40. The first-order valence-corrected chi connectivity index (χ1v) is 7.74. The summed E-state index contributed by atoms with van der Waals surface area (Å²) in [6.45, 7) is 5.36. The Morgan fingerprint density at radius 3 is 2.58 bits per heavy atom. The fourth-order valence-corrected chi connectivity index (χ4v) is 3.44. The summed E-state index contributed by atoms with van der Waals surface area (Å²) < 4.78 is 5.68. The van der Waals surface area contributed by atoms with E-state index in [2.05, 4.69) is 11.8 Å². The molecule has 4 nitrogen and oxygen atoms in total. The molecule has 4 heteroatoms. The normalized spacial score (nSPS) is 28.8. The summed E-state index contributed by atoms with van der Waals surface area (Å²) in [5, 5.41) is 9.71. The molecule has 0 aromatic carbocycles. The smallest absolute Gasteiger partial charge is 0.310 e. The van der Waals surface area contributed by atoms with Gasteiger partial charge >= 0.3 is 5.97 Å². The van der Waals surface area contributed by atoms with Crippen LogP contribution in [-0.4, -0.2) is 48.3 Å². The Morgan fingerprint density at radius 2 is 2.00 bits per heavy atom. The lowest BCUT2D eigenvalue weighted by Crippen LogP contribution is -2.49. The standard InChI is InChI=1S/C15H27NO3/c1-2-13-11-16(9-10-19-13)12-15(14(17)18)7-5-3-4-6-8-15/h13H,2-12H2,1H3,(H,17,18). The van der Waals surface area contributed by atoms with Crippen molar-refractivity contribution in [3.63, 3.8) is 0 Å². The molecule has 1 aliphatic heterocycles. The van der Waals surface area contributed by atoms with Crippen molar-refractivity contribution in [2.45, 2.75) is 58.0 Å². The Labute approximate surface area is 116 Å². The highest BCUT2D eigenvalue weighted by Crippen LogP contribution is 2.36. The van der Waals surface area contributed by atoms with Gasteiger partial charge in [-0.3, -0.25) is 9.69 Å². The van der Waals surface area contributed by atoms with Gasteiger partial charge in [-0.25, -0.2) is 0 Å². The van der Waals surface area contributed by atoms with E-state index in [0.29, 0.717) is 6.54 Å². The zero-order valence-corrected chi connectivity index (χ0v) is 12.1. The van der Waals surface area contributed by atoms with Gasteiger partial charge in [-0.15, -0.1) is 0 Å². The van der Waals surface area contributed by atoms with Crippen molar-refractivity contribution < 1.29 is 14.6 Å². The van der Waals surface area contributed by atoms with E-state index in [1.165, 1.54) is 12.8 Å². The van der Waals surface area contributed by atoms with E-state index in [1.807, 2.05) is 0 Å². The van der Waals surface area contributed by atoms with Gasteiger partial charge in [0.1, 0.15) is 0 Å². The largest absolute Gasteiger partial charge is 0.481 e. The minimum Gasteiger partial charge on any atom is -0.481 e. The van der Waals surface area contributed by atoms with E-state index < -0.39 is 11.4 Å². The van der Waals surface area contributed by atoms with E-state index in [4.69, 9.17) is 4.74 Å². The first kappa shape index (κ1) is 14.8. The second-order valence-corrected chi connectivity index (χ2v) is 6.14. The van der Waals surface area contributed by atoms with Crippen LogP contribution < -0.4 is 0 Å². The summed E-state index contributed by atoms with van der Waals surface area (Å²) in [5.74, 6) is -0.589. The second kappa shape index (κ2) is 6.71. The van der Waals surface area contributed by atoms with Gasteiger partial charge in [-0.05, 0) is 19.3 Å². The number of aliphatic carboxylic acids is 1. The zero-order chi connectivity index (χ0) is 13.7. The molecular weight excluding hydrogens is 242 g/mol. The van der Waals surface area contributed by atoms with Crippen molar-refractivity contribution in [3.05, 3.63) is 0 Å². The van der Waals surface area contributed by atoms with Gasteiger partial charge in [0.05, 0.1) is 18.1 Å². The van der Waals surface area contributed by atoms with Crippen LogP contribution in [0, 0.1) is 5.41 Å². The number of morpholine rings is 1. The Balaban J connectivity index is 2.01. The number of hydrogen-bond acceptors (Lipinski definition) is 3. The molecule has 0 bridgehead atoms. The molecule has 0 amide bonds. The van der Waals surface area contributed by atoms with Crippen molar-refractivity contribution >= 4 is 5.97 Å². The van der Waals surface area contributed by atoms with E-state index in [9.17, 15) is 9.90 Å². The Kier molecular flexibility index (Phi) is 5.22. The summed E-state index contributed by atoms with van der Waals surface area (Å²) in [7, 11) is 0. The zero-order valence-electron chi connectivity index (χ0n) is 12.1. The average Bonchev–Trinajstić information content (AvgIpc) is 2.65. The third-order valence-electron chi connectivity index (χ3n) is 4.72. The number of carbonyl (C=O) groups is 1. The van der Waals surface area contributed by atoms with Crippen molar-refractivity contribution in [2.24, 2.45) is 5.41 Å². The SMILES string of the molecule is CCC1CN(CC2(C(=O)O)CCCCCC2)CCO1. The molecule has 1 aliphatic carbocycles. The van der Waals surface area contributed by atoms with Crippen LogP contribution in [0.4, 0.5) is 0 Å². The van der Waals surface area contributed by atoms with Gasteiger partial charge in [0.15, 0.2) is 0 Å². The molecule has 0 radical (unpaired) electrons. The average molecular weight is 269 g/mol. The number of carboxylic acids is 1.